The quantitative estimate of drug-likeness (QED) is 0.776. The van der Waals surface area contributed by atoms with E-state index in [-0.39, 0.29) is 11.6 Å². The molecule has 2 aromatic carbocycles. The van der Waals surface area contributed by atoms with E-state index in [9.17, 15) is 9.59 Å². The Morgan fingerprint density at radius 1 is 0.905 bits per heavy atom. The van der Waals surface area contributed by atoms with Crippen molar-refractivity contribution in [1.82, 2.24) is 0 Å². The number of carbonyl (C=O) groups is 2. The van der Waals surface area contributed by atoms with Crippen LogP contribution in [0, 0.1) is 0 Å². The Labute approximate surface area is 125 Å². The molecule has 0 amide bonds. The van der Waals surface area contributed by atoms with Gasteiger partial charge < -0.3 is 0 Å². The number of rotatable bonds is 5. The second kappa shape index (κ2) is 6.04. The summed E-state index contributed by atoms with van der Waals surface area (Å²) in [7, 11) is 0. The lowest BCUT2D eigenvalue weighted by molar-refractivity contribution is -0.122. The minimum Gasteiger partial charge on any atom is -0.298 e. The summed E-state index contributed by atoms with van der Waals surface area (Å²) in [5.74, 6) is 0.208. The van der Waals surface area contributed by atoms with Gasteiger partial charge in [-0.05, 0) is 31.9 Å². The highest BCUT2D eigenvalue weighted by molar-refractivity contribution is 5.95. The molecule has 0 spiro atoms. The van der Waals surface area contributed by atoms with Crippen LogP contribution in [0.2, 0.25) is 0 Å². The first-order valence-electron chi connectivity index (χ1n) is 7.10. The molecule has 108 valence electrons. The van der Waals surface area contributed by atoms with Crippen LogP contribution in [-0.2, 0) is 16.6 Å². The van der Waals surface area contributed by atoms with Crippen LogP contribution in [0.1, 0.15) is 42.3 Å². The van der Waals surface area contributed by atoms with Gasteiger partial charge in [-0.25, -0.2) is 0 Å². The van der Waals surface area contributed by atoms with Crippen LogP contribution in [-0.4, -0.2) is 11.6 Å². The van der Waals surface area contributed by atoms with Gasteiger partial charge in [0.05, 0.1) is 0 Å². The van der Waals surface area contributed by atoms with Crippen molar-refractivity contribution in [1.29, 1.82) is 0 Å². The molecule has 0 aromatic heterocycles. The van der Waals surface area contributed by atoms with Crippen molar-refractivity contribution >= 4 is 11.6 Å². The molecule has 0 saturated heterocycles. The van der Waals surface area contributed by atoms with Crippen molar-refractivity contribution in [3.63, 3.8) is 0 Å². The van der Waals surface area contributed by atoms with E-state index in [2.05, 4.69) is 0 Å². The first-order valence-corrected chi connectivity index (χ1v) is 7.10. The molecule has 0 bridgehead atoms. The number of benzene rings is 2. The van der Waals surface area contributed by atoms with Gasteiger partial charge in [-0.2, -0.15) is 0 Å². The molecule has 0 aliphatic heterocycles. The molecule has 0 N–H and O–H groups in total. The number of hydrogen-bond donors (Lipinski definition) is 0. The molecule has 2 aromatic rings. The molecule has 0 radical (unpaired) electrons. The molecule has 0 atom stereocenters. The highest BCUT2D eigenvalue weighted by Gasteiger charge is 2.29. The lowest BCUT2D eigenvalue weighted by Gasteiger charge is -2.24. The molecule has 0 aliphatic rings. The summed E-state index contributed by atoms with van der Waals surface area (Å²) >= 11 is 0. The largest absolute Gasteiger partial charge is 0.298 e. The van der Waals surface area contributed by atoms with Crippen LogP contribution in [0.4, 0.5) is 0 Å². The van der Waals surface area contributed by atoms with E-state index in [1.807, 2.05) is 56.3 Å². The smallest absolute Gasteiger partial charge is 0.159 e. The molecule has 0 fully saturated rings. The zero-order valence-corrected chi connectivity index (χ0v) is 12.7. The maximum Gasteiger partial charge on any atom is 0.159 e. The van der Waals surface area contributed by atoms with Crippen molar-refractivity contribution in [2.75, 3.05) is 0 Å². The van der Waals surface area contributed by atoms with E-state index >= 15 is 0 Å². The van der Waals surface area contributed by atoms with Crippen molar-refractivity contribution in [2.45, 2.75) is 32.6 Å². The summed E-state index contributed by atoms with van der Waals surface area (Å²) in [6.45, 7) is 5.41. The summed E-state index contributed by atoms with van der Waals surface area (Å²) in [6.07, 6.45) is 0.419. The SMILES string of the molecule is CC(=O)c1ccc(C(C)(C)C(=O)Cc2ccccc2)cc1. The Morgan fingerprint density at radius 2 is 1.48 bits per heavy atom. The highest BCUT2D eigenvalue weighted by Crippen LogP contribution is 2.26. The first-order chi connectivity index (χ1) is 9.91. The van der Waals surface area contributed by atoms with Gasteiger partial charge in [-0.3, -0.25) is 9.59 Å². The van der Waals surface area contributed by atoms with Crippen molar-refractivity contribution < 1.29 is 9.59 Å². The second-order valence-electron chi connectivity index (χ2n) is 5.84. The van der Waals surface area contributed by atoms with E-state index in [0.717, 1.165) is 11.1 Å². The number of ketones is 2. The Balaban J connectivity index is 2.20. The molecular weight excluding hydrogens is 260 g/mol. The maximum atomic E-state index is 12.6. The predicted octanol–water partition coefficient (Wildman–Crippen LogP) is 3.98. The summed E-state index contributed by atoms with van der Waals surface area (Å²) in [6, 6.07) is 17.1. The van der Waals surface area contributed by atoms with Crippen LogP contribution in [0.15, 0.2) is 54.6 Å². The molecule has 0 saturated carbocycles. The second-order valence-corrected chi connectivity index (χ2v) is 5.84. The van der Waals surface area contributed by atoms with Gasteiger partial charge >= 0.3 is 0 Å². The third-order valence-corrected chi connectivity index (χ3v) is 3.92. The van der Waals surface area contributed by atoms with Crippen LogP contribution in [0.3, 0.4) is 0 Å². The standard InChI is InChI=1S/C19H20O2/c1-14(20)16-9-11-17(12-10-16)19(2,3)18(21)13-15-7-5-4-6-8-15/h4-12H,13H2,1-3H3. The Hall–Kier alpha value is -2.22. The molecule has 0 unspecified atom stereocenters. The Kier molecular flexibility index (Phi) is 4.37. The van der Waals surface area contributed by atoms with Gasteiger partial charge in [0.25, 0.3) is 0 Å². The minimum atomic E-state index is -0.564. The van der Waals surface area contributed by atoms with Crippen LogP contribution in [0.5, 0.6) is 0 Å². The monoisotopic (exact) mass is 280 g/mol. The molecule has 0 aliphatic carbocycles. The summed E-state index contributed by atoms with van der Waals surface area (Å²) in [5.41, 5.74) is 2.07. The third-order valence-electron chi connectivity index (χ3n) is 3.92. The molecule has 2 rings (SSSR count). The number of hydrogen-bond acceptors (Lipinski definition) is 2. The minimum absolute atomic E-state index is 0.0370. The van der Waals surface area contributed by atoms with Gasteiger partial charge in [-0.1, -0.05) is 54.6 Å². The lowest BCUT2D eigenvalue weighted by Crippen LogP contribution is -2.30. The van der Waals surface area contributed by atoms with Gasteiger partial charge in [0.1, 0.15) is 5.78 Å². The van der Waals surface area contributed by atoms with Crippen molar-refractivity contribution in [3.8, 4) is 0 Å². The summed E-state index contributed by atoms with van der Waals surface area (Å²) in [4.78, 5) is 23.9. The molecule has 2 heteroatoms. The topological polar surface area (TPSA) is 34.1 Å². The highest BCUT2D eigenvalue weighted by atomic mass is 16.1. The normalized spacial score (nSPS) is 11.2. The van der Waals surface area contributed by atoms with Crippen LogP contribution >= 0.6 is 0 Å². The van der Waals surface area contributed by atoms with Gasteiger partial charge in [0.15, 0.2) is 5.78 Å². The predicted molar refractivity (Wildman–Crippen MR) is 84.6 cm³/mol. The van der Waals surface area contributed by atoms with E-state index in [1.54, 1.807) is 19.1 Å². The van der Waals surface area contributed by atoms with E-state index in [4.69, 9.17) is 0 Å². The average molecular weight is 280 g/mol. The fourth-order valence-electron chi connectivity index (χ4n) is 2.28. The van der Waals surface area contributed by atoms with E-state index < -0.39 is 5.41 Å². The molecule has 21 heavy (non-hydrogen) atoms. The van der Waals surface area contributed by atoms with E-state index in [1.165, 1.54) is 0 Å². The molecular formula is C19H20O2. The van der Waals surface area contributed by atoms with Gasteiger partial charge in [0, 0.05) is 17.4 Å². The van der Waals surface area contributed by atoms with Crippen molar-refractivity contribution in [2.24, 2.45) is 0 Å². The number of carbonyl (C=O) groups excluding carboxylic acids is 2. The Bertz CT molecular complexity index is 637. The first kappa shape index (κ1) is 15.2. The van der Waals surface area contributed by atoms with Crippen molar-refractivity contribution in [3.05, 3.63) is 71.3 Å². The molecule has 2 nitrogen and oxygen atoms in total. The third kappa shape index (κ3) is 3.46. The summed E-state index contributed by atoms with van der Waals surface area (Å²) < 4.78 is 0. The molecule has 0 heterocycles. The van der Waals surface area contributed by atoms with Crippen LogP contribution < -0.4 is 0 Å². The number of Topliss-reactive ketones (excluding diaryl/α,β-unsaturated/α-hetero) is 2. The fraction of sp³-hybridized carbons (Fsp3) is 0.263. The average Bonchev–Trinajstić information content (AvgIpc) is 2.48. The van der Waals surface area contributed by atoms with Crippen LogP contribution in [0.25, 0.3) is 0 Å². The van der Waals surface area contributed by atoms with E-state index in [0.29, 0.717) is 12.0 Å². The maximum absolute atomic E-state index is 12.6. The summed E-state index contributed by atoms with van der Waals surface area (Å²) in [5, 5.41) is 0. The van der Waals surface area contributed by atoms with Gasteiger partial charge in [-0.15, -0.1) is 0 Å². The lowest BCUT2D eigenvalue weighted by atomic mass is 9.78. The van der Waals surface area contributed by atoms with Gasteiger partial charge in [0.2, 0.25) is 0 Å². The Morgan fingerprint density at radius 3 is 2.00 bits per heavy atom. The zero-order chi connectivity index (χ0) is 15.5. The zero-order valence-electron chi connectivity index (χ0n) is 12.7. The fourth-order valence-corrected chi connectivity index (χ4v) is 2.28.